The molecule has 0 saturated heterocycles. The van der Waals surface area contributed by atoms with Crippen molar-refractivity contribution in [3.05, 3.63) is 65.1 Å². The van der Waals surface area contributed by atoms with E-state index in [0.29, 0.717) is 20.2 Å². The third-order valence-corrected chi connectivity index (χ3v) is 6.80. The van der Waals surface area contributed by atoms with Gasteiger partial charge in [-0.05, 0) is 24.3 Å². The molecule has 0 radical (unpaired) electrons. The molecule has 0 spiro atoms. The van der Waals surface area contributed by atoms with E-state index in [1.54, 1.807) is 18.2 Å². The molecule has 2 aromatic heterocycles. The summed E-state index contributed by atoms with van der Waals surface area (Å²) in [5, 5.41) is 31.7. The monoisotopic (exact) mass is 441 g/mol. The third-order valence-electron chi connectivity index (χ3n) is 3.76. The highest BCUT2D eigenvalue weighted by Gasteiger charge is 2.15. The van der Waals surface area contributed by atoms with E-state index >= 15 is 0 Å². The fraction of sp³-hybridized carbons (Fsp3) is 0.0526. The van der Waals surface area contributed by atoms with Crippen LogP contribution in [-0.4, -0.2) is 26.0 Å². The summed E-state index contributed by atoms with van der Waals surface area (Å²) in [7, 11) is 0. The highest BCUT2D eigenvalue weighted by Crippen LogP contribution is 2.32. The highest BCUT2D eigenvalue weighted by atomic mass is 32.2. The average molecular weight is 442 g/mol. The van der Waals surface area contributed by atoms with E-state index in [4.69, 9.17) is 0 Å². The van der Waals surface area contributed by atoms with Crippen LogP contribution in [0.2, 0.25) is 0 Å². The number of nitrogens with zero attached hydrogens (tertiary/aromatic N) is 4. The van der Waals surface area contributed by atoms with Gasteiger partial charge in [0.25, 0.3) is 0 Å². The standard InChI is InChI=1S/C19H12FN5OS3/c20-12-5-1-2-6-13(12)23-18-24-25-19(29-18)27-10-15(26)11(9-21)17-22-14-7-3-4-8-16(14)28-17/h1-8,26H,10H2,(H,23,24)/b15-11-. The molecule has 6 nitrogen and oxygen atoms in total. The number of allylic oxidation sites excluding steroid dienone is 1. The number of thioether (sulfide) groups is 1. The number of rotatable bonds is 6. The van der Waals surface area contributed by atoms with Gasteiger partial charge in [-0.3, -0.25) is 0 Å². The Kier molecular flexibility index (Phi) is 5.71. The van der Waals surface area contributed by atoms with Gasteiger partial charge in [-0.1, -0.05) is 47.4 Å². The molecule has 0 aliphatic rings. The minimum atomic E-state index is -0.382. The first-order valence-electron chi connectivity index (χ1n) is 8.30. The van der Waals surface area contributed by atoms with Gasteiger partial charge in [0.15, 0.2) is 4.34 Å². The first-order valence-corrected chi connectivity index (χ1v) is 10.9. The number of benzene rings is 2. The lowest BCUT2D eigenvalue weighted by Gasteiger charge is -2.02. The van der Waals surface area contributed by atoms with Crippen molar-refractivity contribution in [1.82, 2.24) is 15.2 Å². The topological polar surface area (TPSA) is 94.7 Å². The Morgan fingerprint density at radius 2 is 1.93 bits per heavy atom. The molecule has 2 heterocycles. The van der Waals surface area contributed by atoms with Crippen LogP contribution in [-0.2, 0) is 0 Å². The molecule has 0 bridgehead atoms. The molecule has 4 aromatic rings. The first kappa shape index (κ1) is 19.3. The zero-order valence-corrected chi connectivity index (χ0v) is 17.1. The fourth-order valence-corrected chi connectivity index (χ4v) is 5.04. The largest absolute Gasteiger partial charge is 0.510 e. The van der Waals surface area contributed by atoms with Crippen molar-refractivity contribution >= 4 is 61.0 Å². The van der Waals surface area contributed by atoms with Crippen LogP contribution in [0.25, 0.3) is 15.8 Å². The summed E-state index contributed by atoms with van der Waals surface area (Å²) >= 11 is 3.82. The number of hydrogen-bond acceptors (Lipinski definition) is 9. The number of aromatic nitrogens is 3. The van der Waals surface area contributed by atoms with Crippen molar-refractivity contribution in [2.24, 2.45) is 0 Å². The van der Waals surface area contributed by atoms with Crippen molar-refractivity contribution < 1.29 is 9.50 Å². The molecular weight excluding hydrogens is 429 g/mol. The first-order chi connectivity index (χ1) is 14.1. The minimum Gasteiger partial charge on any atom is -0.510 e. The number of nitrogens with one attached hydrogen (secondary N) is 1. The molecule has 2 N–H and O–H groups in total. The van der Waals surface area contributed by atoms with Gasteiger partial charge in [0.1, 0.15) is 28.2 Å². The van der Waals surface area contributed by atoms with Gasteiger partial charge in [-0.25, -0.2) is 9.37 Å². The van der Waals surface area contributed by atoms with Crippen molar-refractivity contribution in [2.45, 2.75) is 4.34 Å². The predicted octanol–water partition coefficient (Wildman–Crippen LogP) is 5.62. The van der Waals surface area contributed by atoms with Gasteiger partial charge in [-0.15, -0.1) is 21.5 Å². The number of nitriles is 1. The maximum Gasteiger partial charge on any atom is 0.210 e. The lowest BCUT2D eigenvalue weighted by molar-refractivity contribution is 0.421. The highest BCUT2D eigenvalue weighted by molar-refractivity contribution is 8.01. The number of fused-ring (bicyclic) bond motifs is 1. The SMILES string of the molecule is N#C/C(=C(/O)CSc1nnc(Nc2ccccc2F)s1)c1nc2ccccc2s1. The second-order valence-corrected chi connectivity index (χ2v) is 8.92. The van der Waals surface area contributed by atoms with Crippen LogP contribution in [0.15, 0.2) is 58.6 Å². The molecule has 0 fully saturated rings. The molecule has 0 amide bonds. The number of halogens is 1. The summed E-state index contributed by atoms with van der Waals surface area (Å²) in [5.74, 6) is -0.310. The molecule has 0 aliphatic carbocycles. The second kappa shape index (κ2) is 8.57. The molecule has 2 aromatic carbocycles. The van der Waals surface area contributed by atoms with Crippen LogP contribution >= 0.6 is 34.4 Å². The second-order valence-electron chi connectivity index (χ2n) is 5.69. The summed E-state index contributed by atoms with van der Waals surface area (Å²) < 4.78 is 15.2. The van der Waals surface area contributed by atoms with Crippen molar-refractivity contribution in [2.75, 3.05) is 11.1 Å². The molecule has 29 heavy (non-hydrogen) atoms. The summed E-state index contributed by atoms with van der Waals surface area (Å²) in [6.07, 6.45) is 0. The summed E-state index contributed by atoms with van der Waals surface area (Å²) in [6, 6.07) is 15.9. The Morgan fingerprint density at radius 3 is 2.72 bits per heavy atom. The third kappa shape index (κ3) is 4.37. The molecule has 144 valence electrons. The summed E-state index contributed by atoms with van der Waals surface area (Å²) in [4.78, 5) is 4.42. The van der Waals surface area contributed by atoms with Gasteiger partial charge in [0.2, 0.25) is 5.13 Å². The fourth-order valence-electron chi connectivity index (χ4n) is 2.41. The lowest BCUT2D eigenvalue weighted by atomic mass is 10.2. The van der Waals surface area contributed by atoms with E-state index in [2.05, 4.69) is 20.5 Å². The molecule has 0 aliphatic heterocycles. The summed E-state index contributed by atoms with van der Waals surface area (Å²) in [5.41, 5.74) is 1.24. The Labute approximate surface area is 177 Å². The molecule has 0 unspecified atom stereocenters. The smallest absolute Gasteiger partial charge is 0.210 e. The number of para-hydroxylation sites is 2. The quantitative estimate of drug-likeness (QED) is 0.228. The van der Waals surface area contributed by atoms with E-state index in [1.807, 2.05) is 30.3 Å². The number of thiazole rings is 1. The van der Waals surface area contributed by atoms with Gasteiger partial charge in [0.05, 0.1) is 21.7 Å². The normalized spacial score (nSPS) is 11.9. The zero-order chi connectivity index (χ0) is 20.2. The van der Waals surface area contributed by atoms with Crippen LogP contribution in [0.5, 0.6) is 0 Å². The van der Waals surface area contributed by atoms with Gasteiger partial charge >= 0.3 is 0 Å². The van der Waals surface area contributed by atoms with Crippen LogP contribution in [0.3, 0.4) is 0 Å². The van der Waals surface area contributed by atoms with Crippen molar-refractivity contribution in [1.29, 1.82) is 5.26 Å². The Bertz CT molecular complexity index is 1210. The number of hydrogen-bond donors (Lipinski definition) is 2. The molecule has 4 rings (SSSR count). The Hall–Kier alpha value is -3.00. The minimum absolute atomic E-state index is 0.0737. The van der Waals surface area contributed by atoms with Crippen molar-refractivity contribution in [3.8, 4) is 6.07 Å². The summed E-state index contributed by atoms with van der Waals surface area (Å²) in [6.45, 7) is 0. The van der Waals surface area contributed by atoms with E-state index in [0.717, 1.165) is 10.2 Å². The van der Waals surface area contributed by atoms with E-state index in [9.17, 15) is 14.8 Å². The Balaban J connectivity index is 1.47. The molecular formula is C19H12FN5OS3. The zero-order valence-electron chi connectivity index (χ0n) is 14.7. The molecule has 0 saturated carbocycles. The maximum absolute atomic E-state index is 13.7. The molecule has 0 atom stereocenters. The number of anilines is 2. The van der Waals surface area contributed by atoms with Crippen LogP contribution in [0, 0.1) is 17.1 Å². The number of aliphatic hydroxyl groups excluding tert-OH is 1. The van der Waals surface area contributed by atoms with E-state index in [-0.39, 0.29) is 22.9 Å². The van der Waals surface area contributed by atoms with Crippen molar-refractivity contribution in [3.63, 3.8) is 0 Å². The van der Waals surface area contributed by atoms with E-state index in [1.165, 1.54) is 40.5 Å². The van der Waals surface area contributed by atoms with Gasteiger partial charge < -0.3 is 10.4 Å². The van der Waals surface area contributed by atoms with E-state index < -0.39 is 0 Å². The van der Waals surface area contributed by atoms with Crippen LogP contribution in [0.1, 0.15) is 5.01 Å². The van der Waals surface area contributed by atoms with Crippen LogP contribution < -0.4 is 5.32 Å². The Morgan fingerprint density at radius 1 is 1.14 bits per heavy atom. The van der Waals surface area contributed by atoms with Crippen LogP contribution in [0.4, 0.5) is 15.2 Å². The molecule has 10 heteroatoms. The number of aliphatic hydroxyl groups is 1. The average Bonchev–Trinajstić information content (AvgIpc) is 3.35. The maximum atomic E-state index is 13.7. The predicted molar refractivity (Wildman–Crippen MR) is 115 cm³/mol. The van der Waals surface area contributed by atoms with Gasteiger partial charge in [0, 0.05) is 0 Å². The lowest BCUT2D eigenvalue weighted by Crippen LogP contribution is -1.92. The van der Waals surface area contributed by atoms with Gasteiger partial charge in [-0.2, -0.15) is 5.26 Å².